The number of hydrogen-bond donors (Lipinski definition) is 1. The fraction of sp³-hybridized carbons (Fsp3) is 0.0952. The second kappa shape index (κ2) is 7.33. The minimum absolute atomic E-state index is 0.00866. The fourth-order valence-corrected chi connectivity index (χ4v) is 3.35. The van der Waals surface area contributed by atoms with Gasteiger partial charge in [-0.2, -0.15) is 13.2 Å². The number of nitrogens with one attached hydrogen (secondary N) is 1. The fourth-order valence-electron chi connectivity index (χ4n) is 3.08. The van der Waals surface area contributed by atoms with Crippen LogP contribution in [0.25, 0.3) is 11.1 Å². The van der Waals surface area contributed by atoms with E-state index in [0.29, 0.717) is 11.3 Å². The molecule has 0 bridgehead atoms. The highest BCUT2D eigenvalue weighted by molar-refractivity contribution is 6.32. The summed E-state index contributed by atoms with van der Waals surface area (Å²) in [7, 11) is 0. The number of pyridine rings is 1. The molecule has 1 N–H and O–H groups in total. The zero-order chi connectivity index (χ0) is 20.6. The van der Waals surface area contributed by atoms with Crippen LogP contribution in [0.15, 0.2) is 65.9 Å². The summed E-state index contributed by atoms with van der Waals surface area (Å²) in [5, 5.41) is 2.08. The van der Waals surface area contributed by atoms with Crippen molar-refractivity contribution in [3.8, 4) is 11.1 Å². The van der Waals surface area contributed by atoms with Crippen LogP contribution in [0.4, 0.5) is 24.5 Å². The number of carbonyl (C=O) groups is 1. The molecule has 4 rings (SSSR count). The average molecular weight is 416 g/mol. The van der Waals surface area contributed by atoms with Crippen LogP contribution in [-0.2, 0) is 11.0 Å². The van der Waals surface area contributed by atoms with Gasteiger partial charge in [-0.3, -0.25) is 14.8 Å². The number of carbonyl (C=O) groups excluding carboxylic acids is 1. The van der Waals surface area contributed by atoms with Crippen LogP contribution >= 0.6 is 11.6 Å². The van der Waals surface area contributed by atoms with Crippen LogP contribution in [0.5, 0.6) is 0 Å². The zero-order valence-corrected chi connectivity index (χ0v) is 15.6. The summed E-state index contributed by atoms with van der Waals surface area (Å²) in [4.78, 5) is 20.8. The van der Waals surface area contributed by atoms with Gasteiger partial charge in [0, 0.05) is 18.0 Å². The Kier molecular flexibility index (Phi) is 4.84. The Morgan fingerprint density at radius 2 is 1.76 bits per heavy atom. The molecule has 0 saturated carbocycles. The summed E-state index contributed by atoms with van der Waals surface area (Å²) in [6.07, 6.45) is -1.34. The molecule has 146 valence electrons. The number of hydrogen-bond acceptors (Lipinski definition) is 3. The second-order valence-electron chi connectivity index (χ2n) is 6.45. The van der Waals surface area contributed by atoms with E-state index in [9.17, 15) is 18.0 Å². The van der Waals surface area contributed by atoms with E-state index < -0.39 is 16.8 Å². The summed E-state index contributed by atoms with van der Waals surface area (Å²) in [5.41, 5.74) is 1.89. The number of nitrogens with zero attached hydrogens (tertiary/aromatic N) is 2. The molecule has 29 heavy (non-hydrogen) atoms. The summed E-state index contributed by atoms with van der Waals surface area (Å²) >= 11 is 5.76. The number of amides is 1. The lowest BCUT2D eigenvalue weighted by Crippen LogP contribution is -2.15. The van der Waals surface area contributed by atoms with Crippen molar-refractivity contribution in [2.45, 2.75) is 12.6 Å². The van der Waals surface area contributed by atoms with Gasteiger partial charge in [0.15, 0.2) is 0 Å². The smallest absolute Gasteiger partial charge is 0.324 e. The predicted molar refractivity (Wildman–Crippen MR) is 106 cm³/mol. The minimum atomic E-state index is -4.63. The molecule has 1 amide bonds. The highest BCUT2D eigenvalue weighted by Gasteiger charge is 2.34. The van der Waals surface area contributed by atoms with Crippen LogP contribution in [0, 0.1) is 0 Å². The predicted octanol–water partition coefficient (Wildman–Crippen LogP) is 5.88. The molecule has 8 heteroatoms. The van der Waals surface area contributed by atoms with Gasteiger partial charge in [0.25, 0.3) is 0 Å². The summed E-state index contributed by atoms with van der Waals surface area (Å²) in [5.74, 6) is -0.384. The third kappa shape index (κ3) is 4.00. The van der Waals surface area contributed by atoms with Gasteiger partial charge in [0.2, 0.25) is 5.91 Å². The van der Waals surface area contributed by atoms with Gasteiger partial charge in [-0.05, 0) is 35.4 Å². The van der Waals surface area contributed by atoms with Gasteiger partial charge in [-0.1, -0.05) is 35.9 Å². The molecule has 4 nitrogen and oxygen atoms in total. The first-order chi connectivity index (χ1) is 13.8. The highest BCUT2D eigenvalue weighted by Crippen LogP contribution is 2.41. The monoisotopic (exact) mass is 415 g/mol. The lowest BCUT2D eigenvalue weighted by molar-refractivity contribution is -0.137. The molecule has 0 saturated heterocycles. The number of fused-ring (bicyclic) bond motifs is 1. The molecule has 0 aliphatic carbocycles. The molecule has 0 radical (unpaired) electrons. The van der Waals surface area contributed by atoms with E-state index in [0.717, 1.165) is 23.3 Å². The Morgan fingerprint density at radius 1 is 1.00 bits per heavy atom. The molecule has 0 spiro atoms. The summed E-state index contributed by atoms with van der Waals surface area (Å²) in [6.45, 7) is 0. The highest BCUT2D eigenvalue weighted by atomic mass is 35.5. The molecule has 2 aromatic carbocycles. The Morgan fingerprint density at radius 3 is 2.48 bits per heavy atom. The van der Waals surface area contributed by atoms with E-state index in [1.807, 2.05) is 18.2 Å². The van der Waals surface area contributed by atoms with Crippen molar-refractivity contribution in [3.05, 3.63) is 77.1 Å². The third-order valence-electron chi connectivity index (χ3n) is 4.44. The van der Waals surface area contributed by atoms with E-state index in [4.69, 9.17) is 11.6 Å². The summed E-state index contributed by atoms with van der Waals surface area (Å²) in [6, 6.07) is 12.9. The van der Waals surface area contributed by atoms with Crippen LogP contribution in [0.3, 0.4) is 0 Å². The van der Waals surface area contributed by atoms with Crippen molar-refractivity contribution in [2.75, 3.05) is 5.32 Å². The van der Waals surface area contributed by atoms with Crippen molar-refractivity contribution in [1.29, 1.82) is 0 Å². The number of alkyl halides is 3. The van der Waals surface area contributed by atoms with Crippen molar-refractivity contribution in [3.63, 3.8) is 0 Å². The first-order valence-corrected chi connectivity index (χ1v) is 8.98. The number of aliphatic imine (C=N–C) groups is 1. The molecule has 1 aromatic heterocycles. The van der Waals surface area contributed by atoms with Gasteiger partial charge in [-0.15, -0.1) is 0 Å². The topological polar surface area (TPSA) is 54.4 Å². The maximum Gasteiger partial charge on any atom is 0.417 e. The number of halogens is 4. The SMILES string of the molecule is O=C1CC(c2cccc(-c3cccnc3)c2)=Nc2cc(C(F)(F)F)c(Cl)cc2N1. The van der Waals surface area contributed by atoms with Crippen LogP contribution in [-0.4, -0.2) is 16.6 Å². The molecule has 3 aromatic rings. The quantitative estimate of drug-likeness (QED) is 0.568. The number of rotatable bonds is 2. The molecule has 0 fully saturated rings. The van der Waals surface area contributed by atoms with Crippen molar-refractivity contribution < 1.29 is 18.0 Å². The maximum absolute atomic E-state index is 13.2. The molecule has 0 unspecified atom stereocenters. The molecule has 1 aliphatic heterocycles. The van der Waals surface area contributed by atoms with E-state index in [2.05, 4.69) is 15.3 Å². The Labute approximate surface area is 169 Å². The van der Waals surface area contributed by atoms with Crippen molar-refractivity contribution in [1.82, 2.24) is 4.98 Å². The van der Waals surface area contributed by atoms with Gasteiger partial charge in [0.05, 0.1) is 34.1 Å². The first-order valence-electron chi connectivity index (χ1n) is 8.60. The van der Waals surface area contributed by atoms with Gasteiger partial charge in [-0.25, -0.2) is 0 Å². The molecule has 2 heterocycles. The maximum atomic E-state index is 13.2. The largest absolute Gasteiger partial charge is 0.417 e. The average Bonchev–Trinajstić information content (AvgIpc) is 2.85. The minimum Gasteiger partial charge on any atom is -0.324 e. The summed E-state index contributed by atoms with van der Waals surface area (Å²) < 4.78 is 39.7. The molecular formula is C21H13ClF3N3O. The van der Waals surface area contributed by atoms with E-state index in [-0.39, 0.29) is 23.7 Å². The van der Waals surface area contributed by atoms with Gasteiger partial charge >= 0.3 is 6.18 Å². The molecule has 0 atom stereocenters. The van der Waals surface area contributed by atoms with Crippen LogP contribution in [0.1, 0.15) is 17.5 Å². The number of benzene rings is 2. The third-order valence-corrected chi connectivity index (χ3v) is 4.75. The van der Waals surface area contributed by atoms with E-state index in [1.54, 1.807) is 30.6 Å². The first kappa shape index (κ1) is 19.1. The van der Waals surface area contributed by atoms with E-state index >= 15 is 0 Å². The normalized spacial score (nSPS) is 13.9. The standard InChI is InChI=1S/C21H13ClF3N3O/c22-16-9-19-18(8-15(16)21(23,24)25)27-17(10-20(29)28-19)13-4-1-3-12(7-13)14-5-2-6-26-11-14/h1-9,11H,10H2,(H,28,29). The zero-order valence-electron chi connectivity index (χ0n) is 14.8. The Hall–Kier alpha value is -3.19. The van der Waals surface area contributed by atoms with Crippen molar-refractivity contribution in [2.24, 2.45) is 4.99 Å². The van der Waals surface area contributed by atoms with Crippen molar-refractivity contribution >= 4 is 34.6 Å². The second-order valence-corrected chi connectivity index (χ2v) is 6.86. The Balaban J connectivity index is 1.82. The molecule has 1 aliphatic rings. The Bertz CT molecular complexity index is 1130. The van der Waals surface area contributed by atoms with E-state index in [1.165, 1.54) is 0 Å². The molecular weight excluding hydrogens is 403 g/mol. The number of anilines is 1. The van der Waals surface area contributed by atoms with Gasteiger partial charge in [0.1, 0.15) is 0 Å². The number of aromatic nitrogens is 1. The lowest BCUT2D eigenvalue weighted by atomic mass is 10.0. The van der Waals surface area contributed by atoms with Crippen LogP contribution < -0.4 is 5.32 Å². The van der Waals surface area contributed by atoms with Crippen LogP contribution in [0.2, 0.25) is 5.02 Å². The lowest BCUT2D eigenvalue weighted by Gasteiger charge is -2.12. The van der Waals surface area contributed by atoms with Gasteiger partial charge < -0.3 is 5.32 Å².